The number of amides is 1. The van der Waals surface area contributed by atoms with Gasteiger partial charge in [0.15, 0.2) is 6.29 Å². The summed E-state index contributed by atoms with van der Waals surface area (Å²) in [6, 6.07) is 7.90. The molecule has 0 N–H and O–H groups in total. The average molecular weight is 364 g/mol. The fourth-order valence-corrected chi connectivity index (χ4v) is 4.83. The maximum atomic E-state index is 13.5. The van der Waals surface area contributed by atoms with Gasteiger partial charge in [-0.2, -0.15) is 0 Å². The van der Waals surface area contributed by atoms with Crippen molar-refractivity contribution in [3.05, 3.63) is 34.9 Å². The van der Waals surface area contributed by atoms with Crippen molar-refractivity contribution in [3.63, 3.8) is 0 Å². The van der Waals surface area contributed by atoms with Crippen molar-refractivity contribution in [1.82, 2.24) is 4.90 Å². The fraction of sp³-hybridized carbons (Fsp3) is 0.650. The van der Waals surface area contributed by atoms with Gasteiger partial charge in [0.05, 0.1) is 18.6 Å². The van der Waals surface area contributed by atoms with Crippen LogP contribution in [0.5, 0.6) is 0 Å². The molecule has 2 heterocycles. The van der Waals surface area contributed by atoms with Gasteiger partial charge >= 0.3 is 0 Å². The number of piperidine rings is 1. The Morgan fingerprint density at radius 3 is 2.24 bits per heavy atom. The normalized spacial score (nSPS) is 24.8. The summed E-state index contributed by atoms with van der Waals surface area (Å²) >= 11 is 6.05. The maximum absolute atomic E-state index is 13.5. The van der Waals surface area contributed by atoms with Crippen LogP contribution in [-0.2, 0) is 19.7 Å². The molecule has 1 aliphatic carbocycles. The molecule has 136 valence electrons. The Kier molecular flexibility index (Phi) is 5.03. The van der Waals surface area contributed by atoms with Crippen molar-refractivity contribution in [2.45, 2.75) is 50.2 Å². The van der Waals surface area contributed by atoms with Crippen molar-refractivity contribution in [2.75, 3.05) is 26.3 Å². The summed E-state index contributed by atoms with van der Waals surface area (Å²) in [4.78, 5) is 15.5. The number of likely N-dealkylation sites (tertiary alicyclic amines) is 1. The molecule has 1 aromatic rings. The van der Waals surface area contributed by atoms with Crippen LogP contribution in [-0.4, -0.2) is 43.4 Å². The number of rotatable bonds is 3. The van der Waals surface area contributed by atoms with Crippen molar-refractivity contribution in [3.8, 4) is 0 Å². The van der Waals surface area contributed by atoms with Gasteiger partial charge in [0.2, 0.25) is 5.91 Å². The molecule has 5 heteroatoms. The Bertz CT molecular complexity index is 598. The van der Waals surface area contributed by atoms with E-state index in [9.17, 15) is 4.79 Å². The number of hydrogen-bond acceptors (Lipinski definition) is 3. The minimum Gasteiger partial charge on any atom is -0.350 e. The smallest absolute Gasteiger partial charge is 0.233 e. The van der Waals surface area contributed by atoms with Gasteiger partial charge in [-0.25, -0.2) is 0 Å². The van der Waals surface area contributed by atoms with Gasteiger partial charge in [-0.05, 0) is 43.4 Å². The SMILES string of the molecule is O=C(N1CCC(C2OCCO2)CC1)C1(c2ccc(Cl)cc2)CCCC1. The van der Waals surface area contributed by atoms with E-state index >= 15 is 0 Å². The fourth-order valence-electron chi connectivity index (χ4n) is 4.70. The van der Waals surface area contributed by atoms with Crippen molar-refractivity contribution in [1.29, 1.82) is 0 Å². The predicted octanol–water partition coefficient (Wildman–Crippen LogP) is 3.76. The third-order valence-corrected chi connectivity index (χ3v) is 6.37. The van der Waals surface area contributed by atoms with Gasteiger partial charge in [0, 0.05) is 24.0 Å². The number of benzene rings is 1. The number of ether oxygens (including phenoxy) is 2. The molecule has 0 unspecified atom stereocenters. The van der Waals surface area contributed by atoms with Crippen molar-refractivity contribution in [2.24, 2.45) is 5.92 Å². The second-order valence-electron chi connectivity index (χ2n) is 7.54. The standard InChI is InChI=1S/C20H26ClNO3/c21-17-5-3-16(4-6-17)20(9-1-2-10-20)19(23)22-11-7-15(8-12-22)18-24-13-14-25-18/h3-6,15,18H,1-2,7-14H2. The summed E-state index contributed by atoms with van der Waals surface area (Å²) in [5, 5.41) is 0.724. The molecule has 0 aromatic heterocycles. The molecule has 4 rings (SSSR count). The molecular formula is C20H26ClNO3. The lowest BCUT2D eigenvalue weighted by Gasteiger charge is -2.39. The number of carbonyl (C=O) groups excluding carboxylic acids is 1. The van der Waals surface area contributed by atoms with Gasteiger partial charge in [0.1, 0.15) is 0 Å². The number of hydrogen-bond donors (Lipinski definition) is 0. The molecule has 4 nitrogen and oxygen atoms in total. The largest absolute Gasteiger partial charge is 0.350 e. The highest BCUT2D eigenvalue weighted by molar-refractivity contribution is 6.30. The highest BCUT2D eigenvalue weighted by atomic mass is 35.5. The van der Waals surface area contributed by atoms with Crippen LogP contribution >= 0.6 is 11.6 Å². The first kappa shape index (κ1) is 17.3. The summed E-state index contributed by atoms with van der Waals surface area (Å²) in [7, 11) is 0. The van der Waals surface area contributed by atoms with Crippen LogP contribution in [0.1, 0.15) is 44.1 Å². The van der Waals surface area contributed by atoms with E-state index in [1.165, 1.54) is 0 Å². The summed E-state index contributed by atoms with van der Waals surface area (Å²) in [5.41, 5.74) is 0.779. The van der Waals surface area contributed by atoms with Crippen LogP contribution in [0.25, 0.3) is 0 Å². The van der Waals surface area contributed by atoms with Crippen LogP contribution in [0.15, 0.2) is 24.3 Å². The molecule has 3 fully saturated rings. The molecule has 25 heavy (non-hydrogen) atoms. The third-order valence-electron chi connectivity index (χ3n) is 6.12. The van der Waals surface area contributed by atoms with E-state index in [2.05, 4.69) is 4.90 Å². The second-order valence-corrected chi connectivity index (χ2v) is 7.97. The highest BCUT2D eigenvalue weighted by Crippen LogP contribution is 2.43. The molecular weight excluding hydrogens is 338 g/mol. The lowest BCUT2D eigenvalue weighted by Crippen LogP contribution is -2.49. The van der Waals surface area contributed by atoms with Gasteiger partial charge in [-0.15, -0.1) is 0 Å². The Morgan fingerprint density at radius 1 is 1.04 bits per heavy atom. The molecule has 1 amide bonds. The zero-order valence-corrected chi connectivity index (χ0v) is 15.3. The Morgan fingerprint density at radius 2 is 1.64 bits per heavy atom. The van der Waals surface area contributed by atoms with Crippen molar-refractivity contribution < 1.29 is 14.3 Å². The molecule has 2 aliphatic heterocycles. The van der Waals surface area contributed by atoms with E-state index in [1.807, 2.05) is 24.3 Å². The molecule has 1 aromatic carbocycles. The lowest BCUT2D eigenvalue weighted by atomic mass is 9.77. The second kappa shape index (κ2) is 7.26. The summed E-state index contributed by atoms with van der Waals surface area (Å²) < 4.78 is 11.3. The maximum Gasteiger partial charge on any atom is 0.233 e. The Labute approximate surface area is 154 Å². The Hall–Kier alpha value is -1.10. The minimum absolute atomic E-state index is 0.0611. The van der Waals surface area contributed by atoms with Crippen LogP contribution in [0.3, 0.4) is 0 Å². The van der Waals surface area contributed by atoms with Crippen LogP contribution in [0.2, 0.25) is 5.02 Å². The van der Waals surface area contributed by atoms with Crippen molar-refractivity contribution >= 4 is 17.5 Å². The third kappa shape index (κ3) is 3.32. The first-order valence-corrected chi connectivity index (χ1v) is 9.85. The monoisotopic (exact) mass is 363 g/mol. The number of halogens is 1. The number of carbonyl (C=O) groups is 1. The topological polar surface area (TPSA) is 38.8 Å². The summed E-state index contributed by atoms with van der Waals surface area (Å²) in [6.45, 7) is 3.01. The first-order valence-electron chi connectivity index (χ1n) is 9.48. The van der Waals surface area contributed by atoms with Gasteiger partial charge < -0.3 is 14.4 Å². The van der Waals surface area contributed by atoms with E-state index in [0.717, 1.165) is 62.2 Å². The van der Waals surface area contributed by atoms with E-state index in [0.29, 0.717) is 25.0 Å². The molecule has 0 bridgehead atoms. The molecule has 2 saturated heterocycles. The molecule has 3 aliphatic rings. The van der Waals surface area contributed by atoms with E-state index < -0.39 is 0 Å². The number of nitrogens with zero attached hydrogens (tertiary/aromatic N) is 1. The Balaban J connectivity index is 1.47. The molecule has 0 radical (unpaired) electrons. The van der Waals surface area contributed by atoms with Gasteiger partial charge in [0.25, 0.3) is 0 Å². The lowest BCUT2D eigenvalue weighted by molar-refractivity contribution is -0.142. The molecule has 1 saturated carbocycles. The minimum atomic E-state index is -0.349. The van der Waals surface area contributed by atoms with E-state index in [-0.39, 0.29) is 11.7 Å². The summed E-state index contributed by atoms with van der Waals surface area (Å²) in [6.07, 6.45) is 6.00. The quantitative estimate of drug-likeness (QED) is 0.820. The van der Waals surface area contributed by atoms with Gasteiger partial charge in [-0.3, -0.25) is 4.79 Å². The predicted molar refractivity (Wildman–Crippen MR) is 96.6 cm³/mol. The average Bonchev–Trinajstić information content (AvgIpc) is 3.34. The van der Waals surface area contributed by atoms with Gasteiger partial charge in [-0.1, -0.05) is 36.6 Å². The first-order chi connectivity index (χ1) is 12.2. The zero-order valence-electron chi connectivity index (χ0n) is 14.6. The van der Waals surface area contributed by atoms with Crippen LogP contribution < -0.4 is 0 Å². The zero-order chi connectivity index (χ0) is 17.3. The van der Waals surface area contributed by atoms with Crippen LogP contribution in [0, 0.1) is 5.92 Å². The summed E-state index contributed by atoms with van der Waals surface area (Å²) in [5.74, 6) is 0.723. The van der Waals surface area contributed by atoms with E-state index in [4.69, 9.17) is 21.1 Å². The van der Waals surface area contributed by atoms with E-state index in [1.54, 1.807) is 0 Å². The molecule has 0 spiro atoms. The molecule has 0 atom stereocenters. The van der Waals surface area contributed by atoms with Crippen LogP contribution in [0.4, 0.5) is 0 Å². The highest BCUT2D eigenvalue weighted by Gasteiger charge is 2.45.